The van der Waals surface area contributed by atoms with E-state index in [2.05, 4.69) is 28.3 Å². The average molecular weight is 230 g/mol. The maximum atomic E-state index is 8.80. The summed E-state index contributed by atoms with van der Waals surface area (Å²) in [5, 5.41) is 12.1. The summed E-state index contributed by atoms with van der Waals surface area (Å²) in [5.41, 5.74) is 0.656. The van der Waals surface area contributed by atoms with Gasteiger partial charge in [-0.15, -0.1) is 0 Å². The monoisotopic (exact) mass is 230 g/mol. The molecule has 0 radical (unpaired) electrons. The van der Waals surface area contributed by atoms with E-state index in [4.69, 9.17) is 5.26 Å². The number of rotatable bonds is 3. The molecule has 0 spiro atoms. The van der Waals surface area contributed by atoms with Gasteiger partial charge in [-0.05, 0) is 44.5 Å². The molecule has 1 saturated heterocycles. The molecule has 2 rings (SSSR count). The standard InChI is InChI=1S/C13H18N4/c1-17-6-2-3-12(10-17)9-16-13-7-11(8-14)4-5-15-13/h4-5,7,12H,2-3,6,9-10H2,1H3,(H,15,16). The Morgan fingerprint density at radius 2 is 2.53 bits per heavy atom. The van der Waals surface area contributed by atoms with Crippen LogP contribution in [0, 0.1) is 17.2 Å². The van der Waals surface area contributed by atoms with Crippen LogP contribution < -0.4 is 5.32 Å². The molecular weight excluding hydrogens is 212 g/mol. The molecule has 0 saturated carbocycles. The quantitative estimate of drug-likeness (QED) is 0.858. The first kappa shape index (κ1) is 11.9. The first-order valence-corrected chi connectivity index (χ1v) is 6.06. The Hall–Kier alpha value is -1.60. The van der Waals surface area contributed by atoms with E-state index in [1.165, 1.54) is 19.4 Å². The Morgan fingerprint density at radius 1 is 1.65 bits per heavy atom. The highest BCUT2D eigenvalue weighted by molar-refractivity contribution is 5.42. The third-order valence-corrected chi connectivity index (χ3v) is 3.18. The highest BCUT2D eigenvalue weighted by Crippen LogP contribution is 2.15. The maximum Gasteiger partial charge on any atom is 0.127 e. The van der Waals surface area contributed by atoms with Crippen molar-refractivity contribution >= 4 is 5.82 Å². The molecule has 0 aromatic carbocycles. The Labute approximate surface area is 102 Å². The zero-order valence-corrected chi connectivity index (χ0v) is 10.2. The van der Waals surface area contributed by atoms with E-state index >= 15 is 0 Å². The summed E-state index contributed by atoms with van der Waals surface area (Å²) < 4.78 is 0. The third kappa shape index (κ3) is 3.43. The lowest BCUT2D eigenvalue weighted by molar-refractivity contribution is 0.217. The van der Waals surface area contributed by atoms with Gasteiger partial charge in [0.15, 0.2) is 0 Å². The number of likely N-dealkylation sites (tertiary alicyclic amines) is 1. The molecule has 0 bridgehead atoms. The van der Waals surface area contributed by atoms with Crippen LogP contribution in [0.15, 0.2) is 18.3 Å². The predicted octanol–water partition coefficient (Wildman–Crippen LogP) is 1.71. The van der Waals surface area contributed by atoms with Crippen LogP contribution >= 0.6 is 0 Å². The van der Waals surface area contributed by atoms with Crippen LogP contribution in [0.4, 0.5) is 5.82 Å². The largest absolute Gasteiger partial charge is 0.370 e. The van der Waals surface area contributed by atoms with E-state index in [9.17, 15) is 0 Å². The van der Waals surface area contributed by atoms with Gasteiger partial charge in [-0.3, -0.25) is 0 Å². The summed E-state index contributed by atoms with van der Waals surface area (Å²) >= 11 is 0. The van der Waals surface area contributed by atoms with Gasteiger partial charge in [0.2, 0.25) is 0 Å². The first-order valence-electron chi connectivity index (χ1n) is 6.06. The van der Waals surface area contributed by atoms with Crippen molar-refractivity contribution < 1.29 is 0 Å². The summed E-state index contributed by atoms with van der Waals surface area (Å²) in [6.45, 7) is 3.29. The molecule has 1 aliphatic heterocycles. The molecule has 1 atom stereocenters. The van der Waals surface area contributed by atoms with E-state index in [0.29, 0.717) is 11.5 Å². The van der Waals surface area contributed by atoms with Crippen molar-refractivity contribution in [2.45, 2.75) is 12.8 Å². The van der Waals surface area contributed by atoms with Gasteiger partial charge >= 0.3 is 0 Å². The average Bonchev–Trinajstić information content (AvgIpc) is 2.37. The van der Waals surface area contributed by atoms with Gasteiger partial charge in [-0.25, -0.2) is 4.98 Å². The van der Waals surface area contributed by atoms with E-state index < -0.39 is 0 Å². The van der Waals surface area contributed by atoms with Gasteiger partial charge in [-0.2, -0.15) is 5.26 Å². The number of pyridine rings is 1. The van der Waals surface area contributed by atoms with Crippen molar-refractivity contribution in [1.29, 1.82) is 5.26 Å². The number of hydrogen-bond acceptors (Lipinski definition) is 4. The molecule has 0 amide bonds. The zero-order valence-electron chi connectivity index (χ0n) is 10.2. The Balaban J connectivity index is 1.87. The van der Waals surface area contributed by atoms with Gasteiger partial charge in [0.25, 0.3) is 0 Å². The Bertz CT molecular complexity index is 410. The summed E-state index contributed by atoms with van der Waals surface area (Å²) in [4.78, 5) is 6.58. The molecule has 1 aromatic rings. The fraction of sp³-hybridized carbons (Fsp3) is 0.538. The minimum Gasteiger partial charge on any atom is -0.370 e. The second-order valence-electron chi connectivity index (χ2n) is 4.69. The van der Waals surface area contributed by atoms with Gasteiger partial charge in [-0.1, -0.05) is 0 Å². The molecule has 1 aromatic heterocycles. The second kappa shape index (κ2) is 5.65. The third-order valence-electron chi connectivity index (χ3n) is 3.18. The van der Waals surface area contributed by atoms with E-state index in [1.807, 2.05) is 0 Å². The summed E-state index contributed by atoms with van der Waals surface area (Å²) in [6, 6.07) is 5.64. The van der Waals surface area contributed by atoms with E-state index in [0.717, 1.165) is 18.9 Å². The minimum atomic E-state index is 0.656. The number of nitrogens with one attached hydrogen (secondary N) is 1. The molecule has 17 heavy (non-hydrogen) atoms. The lowest BCUT2D eigenvalue weighted by Gasteiger charge is -2.29. The predicted molar refractivity (Wildman–Crippen MR) is 67.7 cm³/mol. The molecule has 0 aliphatic carbocycles. The van der Waals surface area contributed by atoms with Gasteiger partial charge in [0.1, 0.15) is 5.82 Å². The van der Waals surface area contributed by atoms with Crippen LogP contribution in [0.2, 0.25) is 0 Å². The fourth-order valence-corrected chi connectivity index (χ4v) is 2.29. The van der Waals surface area contributed by atoms with Gasteiger partial charge < -0.3 is 10.2 Å². The SMILES string of the molecule is CN1CCCC(CNc2cc(C#N)ccn2)C1. The lowest BCUT2D eigenvalue weighted by atomic mass is 9.98. The molecule has 2 heterocycles. The van der Waals surface area contributed by atoms with Gasteiger partial charge in [0, 0.05) is 19.3 Å². The van der Waals surface area contributed by atoms with Crippen LogP contribution in [-0.4, -0.2) is 36.6 Å². The molecule has 4 heteroatoms. The number of nitriles is 1. The number of anilines is 1. The topological polar surface area (TPSA) is 52.0 Å². The maximum absolute atomic E-state index is 8.80. The lowest BCUT2D eigenvalue weighted by Crippen LogP contribution is -2.35. The highest BCUT2D eigenvalue weighted by Gasteiger charge is 2.16. The van der Waals surface area contributed by atoms with Crippen LogP contribution in [0.3, 0.4) is 0 Å². The molecule has 4 nitrogen and oxygen atoms in total. The Kier molecular flexibility index (Phi) is 3.94. The Morgan fingerprint density at radius 3 is 3.29 bits per heavy atom. The normalized spacial score (nSPS) is 20.8. The minimum absolute atomic E-state index is 0.656. The van der Waals surface area contributed by atoms with Crippen molar-refractivity contribution in [3.8, 4) is 6.07 Å². The molecule has 90 valence electrons. The smallest absolute Gasteiger partial charge is 0.127 e. The second-order valence-corrected chi connectivity index (χ2v) is 4.69. The van der Waals surface area contributed by atoms with Crippen molar-refractivity contribution in [2.75, 3.05) is 32.0 Å². The van der Waals surface area contributed by atoms with Crippen molar-refractivity contribution in [3.63, 3.8) is 0 Å². The van der Waals surface area contributed by atoms with Crippen molar-refractivity contribution in [3.05, 3.63) is 23.9 Å². The summed E-state index contributed by atoms with van der Waals surface area (Å²) in [6.07, 6.45) is 4.22. The van der Waals surface area contributed by atoms with E-state index in [-0.39, 0.29) is 0 Å². The van der Waals surface area contributed by atoms with Gasteiger partial charge in [0.05, 0.1) is 11.6 Å². The fourth-order valence-electron chi connectivity index (χ4n) is 2.29. The van der Waals surface area contributed by atoms with Crippen LogP contribution in [0.5, 0.6) is 0 Å². The number of hydrogen-bond donors (Lipinski definition) is 1. The van der Waals surface area contributed by atoms with Crippen LogP contribution in [0.25, 0.3) is 0 Å². The molecule has 1 N–H and O–H groups in total. The summed E-state index contributed by atoms with van der Waals surface area (Å²) in [5.74, 6) is 1.48. The van der Waals surface area contributed by atoms with Crippen LogP contribution in [-0.2, 0) is 0 Å². The van der Waals surface area contributed by atoms with Crippen LogP contribution in [0.1, 0.15) is 18.4 Å². The molecule has 1 unspecified atom stereocenters. The zero-order chi connectivity index (χ0) is 12.1. The first-order chi connectivity index (χ1) is 8.28. The molecule has 1 aliphatic rings. The number of piperidine rings is 1. The number of nitrogens with zero attached hydrogens (tertiary/aromatic N) is 3. The number of aromatic nitrogens is 1. The van der Waals surface area contributed by atoms with Crippen molar-refractivity contribution in [2.24, 2.45) is 5.92 Å². The van der Waals surface area contributed by atoms with E-state index in [1.54, 1.807) is 18.3 Å². The van der Waals surface area contributed by atoms with Crippen molar-refractivity contribution in [1.82, 2.24) is 9.88 Å². The highest BCUT2D eigenvalue weighted by atomic mass is 15.1. The molecular formula is C13H18N4. The summed E-state index contributed by atoms with van der Waals surface area (Å²) in [7, 11) is 2.17. The molecule has 1 fully saturated rings.